The molecule has 0 aliphatic heterocycles. The predicted octanol–water partition coefficient (Wildman–Crippen LogP) is 3.85. The molecule has 0 saturated heterocycles. The van der Waals surface area contributed by atoms with E-state index in [2.05, 4.69) is 6.92 Å². The van der Waals surface area contributed by atoms with Gasteiger partial charge in [0.1, 0.15) is 17.6 Å². The molecule has 17 heavy (non-hydrogen) atoms. The summed E-state index contributed by atoms with van der Waals surface area (Å²) in [5, 5.41) is 10.2. The Labute approximate surface area is 105 Å². The minimum atomic E-state index is -0.614. The second-order valence-electron chi connectivity index (χ2n) is 4.91. The lowest BCUT2D eigenvalue weighted by Gasteiger charge is -2.04. The smallest absolute Gasteiger partial charge is 0.146 e. The first-order valence-corrected chi connectivity index (χ1v) is 6.81. The maximum absolute atomic E-state index is 10.2. The quantitative estimate of drug-likeness (QED) is 0.895. The number of aryl methyl sites for hydroxylation is 1. The minimum absolute atomic E-state index is 0.570. The number of hydrogen-bond acceptors (Lipinski definition) is 3. The average molecular weight is 248 g/mol. The van der Waals surface area contributed by atoms with E-state index in [1.165, 1.54) is 11.3 Å². The van der Waals surface area contributed by atoms with E-state index < -0.39 is 6.10 Å². The number of furan rings is 1. The van der Waals surface area contributed by atoms with Gasteiger partial charge in [-0.15, -0.1) is 11.3 Å². The second kappa shape index (κ2) is 4.00. The topological polar surface area (TPSA) is 33.4 Å². The largest absolute Gasteiger partial charge is 0.463 e. The lowest BCUT2D eigenvalue weighted by atomic mass is 10.2. The zero-order chi connectivity index (χ0) is 12.0. The first-order valence-electron chi connectivity index (χ1n) is 5.99. The molecular formula is C14H16O2S. The lowest BCUT2D eigenvalue weighted by Crippen LogP contribution is -1.94. The van der Waals surface area contributed by atoms with E-state index in [1.807, 2.05) is 31.2 Å². The Kier molecular flexibility index (Phi) is 2.60. The zero-order valence-corrected chi connectivity index (χ0v) is 10.8. The molecule has 3 unspecified atom stereocenters. The van der Waals surface area contributed by atoms with Gasteiger partial charge in [-0.1, -0.05) is 6.92 Å². The molecule has 1 aliphatic rings. The molecular weight excluding hydrogens is 232 g/mol. The summed E-state index contributed by atoms with van der Waals surface area (Å²) < 4.78 is 5.76. The van der Waals surface area contributed by atoms with Crippen molar-refractivity contribution in [3.05, 3.63) is 45.5 Å². The third-order valence-corrected chi connectivity index (χ3v) is 4.48. The monoisotopic (exact) mass is 248 g/mol. The van der Waals surface area contributed by atoms with Gasteiger partial charge in [-0.2, -0.15) is 0 Å². The van der Waals surface area contributed by atoms with Crippen molar-refractivity contribution in [1.29, 1.82) is 0 Å². The average Bonchev–Trinajstić information content (AvgIpc) is 2.75. The van der Waals surface area contributed by atoms with Crippen LogP contribution in [0.15, 0.2) is 28.7 Å². The van der Waals surface area contributed by atoms with Crippen molar-refractivity contribution < 1.29 is 9.52 Å². The molecule has 90 valence electrons. The van der Waals surface area contributed by atoms with Crippen molar-refractivity contribution in [2.24, 2.45) is 5.92 Å². The number of aliphatic hydroxyl groups is 1. The first kappa shape index (κ1) is 11.1. The van der Waals surface area contributed by atoms with Crippen LogP contribution in [0.1, 0.15) is 46.6 Å². The van der Waals surface area contributed by atoms with Crippen LogP contribution in [0.3, 0.4) is 0 Å². The maximum atomic E-state index is 10.2. The van der Waals surface area contributed by atoms with E-state index in [4.69, 9.17) is 4.42 Å². The van der Waals surface area contributed by atoms with Crippen LogP contribution >= 0.6 is 11.3 Å². The van der Waals surface area contributed by atoms with Crippen molar-refractivity contribution in [3.63, 3.8) is 0 Å². The van der Waals surface area contributed by atoms with E-state index in [1.54, 1.807) is 11.3 Å². The first-order chi connectivity index (χ1) is 8.15. The highest BCUT2D eigenvalue weighted by atomic mass is 32.1. The summed E-state index contributed by atoms with van der Waals surface area (Å²) in [4.78, 5) is 2.16. The third kappa shape index (κ3) is 2.05. The van der Waals surface area contributed by atoms with Gasteiger partial charge in [-0.3, -0.25) is 0 Å². The number of hydrogen-bond donors (Lipinski definition) is 1. The SMILES string of the molecule is Cc1ccc(C(O)c2ccc(C3CC3C)o2)s1. The Balaban J connectivity index is 1.81. The molecule has 1 aliphatic carbocycles. The molecule has 2 aromatic rings. The van der Waals surface area contributed by atoms with Crippen LogP contribution in [-0.4, -0.2) is 5.11 Å². The second-order valence-corrected chi connectivity index (χ2v) is 6.23. The highest BCUT2D eigenvalue weighted by molar-refractivity contribution is 7.12. The Bertz CT molecular complexity index is 526. The van der Waals surface area contributed by atoms with Gasteiger partial charge in [0.15, 0.2) is 0 Å². The van der Waals surface area contributed by atoms with Crippen LogP contribution in [0.25, 0.3) is 0 Å². The van der Waals surface area contributed by atoms with Crippen LogP contribution in [0, 0.1) is 12.8 Å². The normalized spacial score (nSPS) is 24.9. The van der Waals surface area contributed by atoms with Gasteiger partial charge in [0, 0.05) is 15.7 Å². The number of thiophene rings is 1. The molecule has 0 spiro atoms. The van der Waals surface area contributed by atoms with E-state index in [-0.39, 0.29) is 0 Å². The summed E-state index contributed by atoms with van der Waals surface area (Å²) >= 11 is 1.61. The fraction of sp³-hybridized carbons (Fsp3) is 0.429. The minimum Gasteiger partial charge on any atom is -0.463 e. The fourth-order valence-corrected chi connectivity index (χ4v) is 3.05. The van der Waals surface area contributed by atoms with Crippen LogP contribution in [0.5, 0.6) is 0 Å². The summed E-state index contributed by atoms with van der Waals surface area (Å²) in [6.45, 7) is 4.27. The van der Waals surface area contributed by atoms with E-state index >= 15 is 0 Å². The highest BCUT2D eigenvalue weighted by Gasteiger charge is 2.37. The predicted molar refractivity (Wildman–Crippen MR) is 68.3 cm³/mol. The molecule has 3 heteroatoms. The molecule has 3 rings (SSSR count). The Morgan fingerprint density at radius 1 is 1.35 bits per heavy atom. The lowest BCUT2D eigenvalue weighted by molar-refractivity contribution is 0.190. The van der Waals surface area contributed by atoms with Crippen LogP contribution in [0.2, 0.25) is 0 Å². The number of rotatable bonds is 3. The molecule has 2 heterocycles. The molecule has 3 atom stereocenters. The van der Waals surface area contributed by atoms with Crippen molar-refractivity contribution in [2.75, 3.05) is 0 Å². The summed E-state index contributed by atoms with van der Waals surface area (Å²) in [6.07, 6.45) is 0.595. The van der Waals surface area contributed by atoms with Crippen molar-refractivity contribution in [3.8, 4) is 0 Å². The van der Waals surface area contributed by atoms with E-state index in [9.17, 15) is 5.11 Å². The van der Waals surface area contributed by atoms with E-state index in [0.29, 0.717) is 11.7 Å². The zero-order valence-electron chi connectivity index (χ0n) is 10.0. The van der Waals surface area contributed by atoms with Gasteiger partial charge in [-0.05, 0) is 43.5 Å². The van der Waals surface area contributed by atoms with E-state index in [0.717, 1.165) is 16.6 Å². The third-order valence-electron chi connectivity index (χ3n) is 3.42. The summed E-state index contributed by atoms with van der Waals surface area (Å²) in [7, 11) is 0. The van der Waals surface area contributed by atoms with Crippen molar-refractivity contribution >= 4 is 11.3 Å². The molecule has 2 aromatic heterocycles. The van der Waals surface area contributed by atoms with Gasteiger partial charge in [0.05, 0.1) is 0 Å². The van der Waals surface area contributed by atoms with Gasteiger partial charge >= 0.3 is 0 Å². The molecule has 1 saturated carbocycles. The van der Waals surface area contributed by atoms with Crippen molar-refractivity contribution in [1.82, 2.24) is 0 Å². The Hall–Kier alpha value is -1.06. The molecule has 0 bridgehead atoms. The highest BCUT2D eigenvalue weighted by Crippen LogP contribution is 2.47. The van der Waals surface area contributed by atoms with Crippen LogP contribution in [0.4, 0.5) is 0 Å². The molecule has 1 N–H and O–H groups in total. The summed E-state index contributed by atoms with van der Waals surface area (Å²) in [5.41, 5.74) is 0. The van der Waals surface area contributed by atoms with Crippen LogP contribution < -0.4 is 0 Å². The molecule has 1 fully saturated rings. The number of aliphatic hydroxyl groups excluding tert-OH is 1. The van der Waals surface area contributed by atoms with Gasteiger partial charge < -0.3 is 9.52 Å². The maximum Gasteiger partial charge on any atom is 0.146 e. The summed E-state index contributed by atoms with van der Waals surface area (Å²) in [6, 6.07) is 7.90. The molecule has 0 aromatic carbocycles. The Morgan fingerprint density at radius 2 is 2.12 bits per heavy atom. The molecule has 2 nitrogen and oxygen atoms in total. The Morgan fingerprint density at radius 3 is 2.71 bits per heavy atom. The fourth-order valence-electron chi connectivity index (χ4n) is 2.17. The standard InChI is InChI=1S/C14H16O2S/c1-8-7-10(8)11-4-5-12(16-11)14(15)13-6-3-9(2)17-13/h3-6,8,10,14-15H,7H2,1-2H3. The van der Waals surface area contributed by atoms with Crippen LogP contribution in [-0.2, 0) is 0 Å². The van der Waals surface area contributed by atoms with Crippen molar-refractivity contribution in [2.45, 2.75) is 32.3 Å². The summed E-state index contributed by atoms with van der Waals surface area (Å²) in [5.74, 6) is 3.00. The van der Waals surface area contributed by atoms with Gasteiger partial charge in [-0.25, -0.2) is 0 Å². The van der Waals surface area contributed by atoms with Gasteiger partial charge in [0.25, 0.3) is 0 Å². The molecule has 0 radical (unpaired) electrons. The van der Waals surface area contributed by atoms with Gasteiger partial charge in [0.2, 0.25) is 0 Å². The molecule has 0 amide bonds.